The van der Waals surface area contributed by atoms with E-state index in [1.807, 2.05) is 63.2 Å². The fourth-order valence-electron chi connectivity index (χ4n) is 2.79. The summed E-state index contributed by atoms with van der Waals surface area (Å²) in [6.45, 7) is 7.89. The highest BCUT2D eigenvalue weighted by atomic mass is 16.5. The van der Waals surface area contributed by atoms with Crippen molar-refractivity contribution < 1.29 is 14.1 Å². The molecular formula is C21H22N2O3. The molecule has 26 heavy (non-hydrogen) atoms. The van der Waals surface area contributed by atoms with Gasteiger partial charge in [-0.05, 0) is 50.5 Å². The zero-order valence-electron chi connectivity index (χ0n) is 15.4. The molecule has 3 aromatic rings. The number of carbonyl (C=O) groups is 1. The smallest absolute Gasteiger partial charge is 0.278 e. The van der Waals surface area contributed by atoms with Crippen molar-refractivity contribution >= 4 is 11.6 Å². The van der Waals surface area contributed by atoms with E-state index in [-0.39, 0.29) is 18.2 Å². The zero-order valence-corrected chi connectivity index (χ0v) is 15.4. The van der Waals surface area contributed by atoms with Gasteiger partial charge in [0.15, 0.2) is 5.69 Å². The summed E-state index contributed by atoms with van der Waals surface area (Å²) in [5.74, 6) is 1.04. The Morgan fingerprint density at radius 1 is 1.00 bits per heavy atom. The lowest BCUT2D eigenvalue weighted by Gasteiger charge is -2.12. The van der Waals surface area contributed by atoms with Crippen molar-refractivity contribution in [2.45, 2.75) is 34.3 Å². The number of aryl methyl sites for hydroxylation is 4. The Morgan fingerprint density at radius 3 is 2.35 bits per heavy atom. The van der Waals surface area contributed by atoms with Gasteiger partial charge in [0.05, 0.1) is 5.56 Å². The van der Waals surface area contributed by atoms with Crippen LogP contribution < -0.4 is 10.1 Å². The number of nitrogens with zero attached hydrogens (tertiary/aromatic N) is 1. The standard InChI is InChI=1S/C21H22N2O3/c1-13-8-5-6-11-18(13)25-12-17-16(4)26-23-20(17)21(24)22-19-14(2)9-7-10-15(19)3/h5-11H,12H2,1-4H3,(H,22,24). The van der Waals surface area contributed by atoms with Crippen LogP contribution in [0.5, 0.6) is 5.75 Å². The first kappa shape index (κ1) is 17.7. The van der Waals surface area contributed by atoms with E-state index >= 15 is 0 Å². The van der Waals surface area contributed by atoms with Crippen molar-refractivity contribution in [3.63, 3.8) is 0 Å². The molecule has 0 atom stereocenters. The highest BCUT2D eigenvalue weighted by Gasteiger charge is 2.21. The van der Waals surface area contributed by atoms with E-state index < -0.39 is 0 Å². The Bertz CT molecular complexity index is 924. The molecule has 1 amide bonds. The highest BCUT2D eigenvalue weighted by molar-refractivity contribution is 6.04. The van der Waals surface area contributed by atoms with Crippen molar-refractivity contribution in [3.8, 4) is 5.75 Å². The third-order valence-electron chi connectivity index (χ3n) is 4.39. The van der Waals surface area contributed by atoms with Crippen molar-refractivity contribution in [2.75, 3.05) is 5.32 Å². The maximum absolute atomic E-state index is 12.7. The van der Waals surface area contributed by atoms with Crippen molar-refractivity contribution in [2.24, 2.45) is 0 Å². The van der Waals surface area contributed by atoms with Gasteiger partial charge >= 0.3 is 0 Å². The maximum Gasteiger partial charge on any atom is 0.278 e. The Hall–Kier alpha value is -3.08. The molecule has 0 radical (unpaired) electrons. The number of ether oxygens (including phenoxy) is 1. The third-order valence-corrected chi connectivity index (χ3v) is 4.39. The maximum atomic E-state index is 12.7. The molecule has 0 aliphatic heterocycles. The molecule has 0 aliphatic carbocycles. The van der Waals surface area contributed by atoms with Crippen LogP contribution in [0.4, 0.5) is 5.69 Å². The van der Waals surface area contributed by atoms with Crippen LogP contribution >= 0.6 is 0 Å². The summed E-state index contributed by atoms with van der Waals surface area (Å²) in [4.78, 5) is 12.7. The second kappa shape index (κ2) is 7.44. The number of aromatic nitrogens is 1. The van der Waals surface area contributed by atoms with Crippen LogP contribution in [0.25, 0.3) is 0 Å². The van der Waals surface area contributed by atoms with Gasteiger partial charge in [-0.1, -0.05) is 41.6 Å². The molecule has 1 aromatic heterocycles. The highest BCUT2D eigenvalue weighted by Crippen LogP contribution is 2.23. The SMILES string of the molecule is Cc1ccccc1OCc1c(C(=O)Nc2c(C)cccc2C)noc1C. The van der Waals surface area contributed by atoms with E-state index in [0.717, 1.165) is 28.1 Å². The van der Waals surface area contributed by atoms with Gasteiger partial charge in [0, 0.05) is 5.69 Å². The number of anilines is 1. The van der Waals surface area contributed by atoms with Crippen molar-refractivity contribution in [1.82, 2.24) is 5.16 Å². The van der Waals surface area contributed by atoms with Gasteiger partial charge < -0.3 is 14.6 Å². The van der Waals surface area contributed by atoms with Gasteiger partial charge in [-0.2, -0.15) is 0 Å². The summed E-state index contributed by atoms with van der Waals surface area (Å²) in [5, 5.41) is 6.88. The largest absolute Gasteiger partial charge is 0.488 e. The Kier molecular flexibility index (Phi) is 5.07. The molecule has 0 aliphatic rings. The van der Waals surface area contributed by atoms with E-state index in [1.165, 1.54) is 0 Å². The fraction of sp³-hybridized carbons (Fsp3) is 0.238. The normalized spacial score (nSPS) is 10.6. The fourth-order valence-corrected chi connectivity index (χ4v) is 2.79. The first-order valence-electron chi connectivity index (χ1n) is 8.48. The van der Waals surface area contributed by atoms with Crippen molar-refractivity contribution in [1.29, 1.82) is 0 Å². The number of benzene rings is 2. The summed E-state index contributed by atoms with van der Waals surface area (Å²) in [7, 11) is 0. The number of carbonyl (C=O) groups excluding carboxylic acids is 1. The van der Waals surface area contributed by atoms with E-state index in [4.69, 9.17) is 9.26 Å². The number of hydrogen-bond acceptors (Lipinski definition) is 4. The minimum atomic E-state index is -0.303. The van der Waals surface area contributed by atoms with Crippen LogP contribution in [0.1, 0.15) is 38.5 Å². The molecule has 1 heterocycles. The number of amides is 1. The second-order valence-electron chi connectivity index (χ2n) is 6.34. The van der Waals surface area contributed by atoms with Gasteiger partial charge in [-0.25, -0.2) is 0 Å². The molecule has 0 bridgehead atoms. The third kappa shape index (κ3) is 3.61. The molecule has 1 N–H and O–H groups in total. The Morgan fingerprint density at radius 2 is 1.65 bits per heavy atom. The summed E-state index contributed by atoms with van der Waals surface area (Å²) < 4.78 is 11.1. The molecule has 0 saturated heterocycles. The van der Waals surface area contributed by atoms with Gasteiger partial charge in [0.1, 0.15) is 18.1 Å². The molecule has 0 saturated carbocycles. The van der Waals surface area contributed by atoms with E-state index in [9.17, 15) is 4.79 Å². The molecule has 5 heteroatoms. The number of para-hydroxylation sites is 2. The van der Waals surface area contributed by atoms with Gasteiger partial charge in [0.25, 0.3) is 5.91 Å². The monoisotopic (exact) mass is 350 g/mol. The van der Waals surface area contributed by atoms with E-state index in [2.05, 4.69) is 10.5 Å². The van der Waals surface area contributed by atoms with Gasteiger partial charge in [0.2, 0.25) is 0 Å². The average molecular weight is 350 g/mol. The number of hydrogen-bond donors (Lipinski definition) is 1. The van der Waals surface area contributed by atoms with Crippen LogP contribution in [0.15, 0.2) is 47.0 Å². The zero-order chi connectivity index (χ0) is 18.7. The van der Waals surface area contributed by atoms with Crippen molar-refractivity contribution in [3.05, 3.63) is 76.2 Å². The first-order chi connectivity index (χ1) is 12.5. The number of nitrogens with one attached hydrogen (secondary N) is 1. The predicted molar refractivity (Wildman–Crippen MR) is 101 cm³/mol. The lowest BCUT2D eigenvalue weighted by molar-refractivity contribution is 0.101. The van der Waals surface area contributed by atoms with Gasteiger partial charge in [-0.15, -0.1) is 0 Å². The first-order valence-corrected chi connectivity index (χ1v) is 8.48. The lowest BCUT2D eigenvalue weighted by Crippen LogP contribution is -2.17. The molecular weight excluding hydrogens is 328 g/mol. The molecule has 134 valence electrons. The average Bonchev–Trinajstić information content (AvgIpc) is 2.98. The topological polar surface area (TPSA) is 64.4 Å². The van der Waals surface area contributed by atoms with Crippen LogP contribution in [-0.4, -0.2) is 11.1 Å². The lowest BCUT2D eigenvalue weighted by atomic mass is 10.1. The molecule has 0 unspecified atom stereocenters. The quantitative estimate of drug-likeness (QED) is 0.722. The molecule has 3 rings (SSSR count). The summed E-state index contributed by atoms with van der Waals surface area (Å²) in [6.07, 6.45) is 0. The van der Waals surface area contributed by atoms with Crippen LogP contribution in [0, 0.1) is 27.7 Å². The predicted octanol–water partition coefficient (Wildman–Crippen LogP) is 4.74. The van der Waals surface area contributed by atoms with Crippen LogP contribution in [0.2, 0.25) is 0 Å². The summed E-state index contributed by atoms with van der Waals surface area (Å²) >= 11 is 0. The number of rotatable bonds is 5. The van der Waals surface area contributed by atoms with Crippen LogP contribution in [-0.2, 0) is 6.61 Å². The minimum absolute atomic E-state index is 0.218. The molecule has 0 fully saturated rings. The molecule has 5 nitrogen and oxygen atoms in total. The minimum Gasteiger partial charge on any atom is -0.488 e. The Balaban J connectivity index is 1.81. The van der Waals surface area contributed by atoms with E-state index in [1.54, 1.807) is 6.92 Å². The second-order valence-corrected chi connectivity index (χ2v) is 6.34. The Labute approximate surface area is 153 Å². The molecule has 0 spiro atoms. The summed E-state index contributed by atoms with van der Waals surface area (Å²) in [5.41, 5.74) is 4.72. The van der Waals surface area contributed by atoms with Crippen LogP contribution in [0.3, 0.4) is 0 Å². The van der Waals surface area contributed by atoms with E-state index in [0.29, 0.717) is 11.3 Å². The van der Waals surface area contributed by atoms with Gasteiger partial charge in [-0.3, -0.25) is 4.79 Å². The molecule has 2 aromatic carbocycles. The summed E-state index contributed by atoms with van der Waals surface area (Å²) in [6, 6.07) is 13.6.